The summed E-state index contributed by atoms with van der Waals surface area (Å²) in [6.07, 6.45) is 3.93. The van der Waals surface area contributed by atoms with E-state index in [-0.39, 0.29) is 11.8 Å². The molecule has 0 saturated heterocycles. The van der Waals surface area contributed by atoms with E-state index in [1.807, 2.05) is 11.8 Å². The van der Waals surface area contributed by atoms with Crippen LogP contribution in [0.15, 0.2) is 35.8 Å². The average Bonchev–Trinajstić information content (AvgIpc) is 3.09. The van der Waals surface area contributed by atoms with Crippen molar-refractivity contribution in [1.29, 1.82) is 0 Å². The summed E-state index contributed by atoms with van der Waals surface area (Å²) in [5.41, 5.74) is 1.57. The summed E-state index contributed by atoms with van der Waals surface area (Å²) in [5, 5.41) is 4.93. The molecule has 1 aliphatic heterocycles. The average molecular weight is 343 g/mol. The summed E-state index contributed by atoms with van der Waals surface area (Å²) in [7, 11) is 0. The molecule has 3 rings (SSSR count). The second-order valence-corrected chi connectivity index (χ2v) is 6.91. The maximum Gasteiger partial charge on any atom is 0.270 e. The lowest BCUT2D eigenvalue weighted by atomic mass is 10.1. The van der Waals surface area contributed by atoms with Crippen LogP contribution in [0.1, 0.15) is 40.7 Å². The normalized spacial score (nSPS) is 14.8. The molecule has 2 amide bonds. The zero-order valence-corrected chi connectivity index (χ0v) is 14.5. The third kappa shape index (κ3) is 3.64. The Balaban J connectivity index is 1.69. The second kappa shape index (κ2) is 7.57. The first-order valence-electron chi connectivity index (χ1n) is 8.25. The largest absolute Gasteiger partial charge is 0.339 e. The topological polar surface area (TPSA) is 62.3 Å². The molecule has 3 heterocycles. The molecule has 1 unspecified atom stereocenters. The van der Waals surface area contributed by atoms with Gasteiger partial charge in [-0.3, -0.25) is 14.6 Å². The number of hydrogen-bond acceptors (Lipinski definition) is 4. The molecule has 6 heteroatoms. The summed E-state index contributed by atoms with van der Waals surface area (Å²) in [4.78, 5) is 32.5. The highest BCUT2D eigenvalue weighted by Gasteiger charge is 2.28. The monoisotopic (exact) mass is 343 g/mol. The van der Waals surface area contributed by atoms with Crippen LogP contribution in [0.4, 0.5) is 0 Å². The first-order chi connectivity index (χ1) is 11.7. The summed E-state index contributed by atoms with van der Waals surface area (Å²) in [6.45, 7) is 3.36. The van der Waals surface area contributed by atoms with Crippen molar-refractivity contribution >= 4 is 23.2 Å². The molecule has 1 atom stereocenters. The Kier molecular flexibility index (Phi) is 5.25. The second-order valence-electron chi connectivity index (χ2n) is 5.91. The number of pyridine rings is 1. The number of fused-ring (bicyclic) bond motifs is 1. The Labute approximate surface area is 145 Å². The Bertz CT molecular complexity index is 714. The van der Waals surface area contributed by atoms with Crippen molar-refractivity contribution in [1.82, 2.24) is 15.2 Å². The van der Waals surface area contributed by atoms with Gasteiger partial charge in [-0.15, -0.1) is 11.3 Å². The minimum Gasteiger partial charge on any atom is -0.339 e. The van der Waals surface area contributed by atoms with E-state index in [1.54, 1.807) is 35.7 Å². The van der Waals surface area contributed by atoms with Crippen molar-refractivity contribution in [3.63, 3.8) is 0 Å². The van der Waals surface area contributed by atoms with Crippen molar-refractivity contribution in [3.8, 4) is 0 Å². The van der Waals surface area contributed by atoms with Crippen LogP contribution in [0.2, 0.25) is 0 Å². The molecule has 0 bridgehead atoms. The van der Waals surface area contributed by atoms with Gasteiger partial charge in [-0.25, -0.2) is 0 Å². The lowest BCUT2D eigenvalue weighted by Crippen LogP contribution is -2.49. The number of rotatable bonds is 5. The van der Waals surface area contributed by atoms with E-state index in [0.717, 1.165) is 12.8 Å². The van der Waals surface area contributed by atoms with E-state index in [1.165, 1.54) is 10.4 Å². The van der Waals surface area contributed by atoms with Gasteiger partial charge >= 0.3 is 0 Å². The molecule has 1 aliphatic rings. The van der Waals surface area contributed by atoms with Gasteiger partial charge < -0.3 is 10.2 Å². The summed E-state index contributed by atoms with van der Waals surface area (Å²) < 4.78 is 0. The highest BCUT2D eigenvalue weighted by Crippen LogP contribution is 2.24. The molecule has 24 heavy (non-hydrogen) atoms. The zero-order chi connectivity index (χ0) is 16.9. The smallest absolute Gasteiger partial charge is 0.270 e. The molecule has 0 fully saturated rings. The summed E-state index contributed by atoms with van der Waals surface area (Å²) in [6, 6.07) is 6.77. The minimum atomic E-state index is -0.496. The van der Waals surface area contributed by atoms with Crippen LogP contribution in [-0.4, -0.2) is 34.3 Å². The van der Waals surface area contributed by atoms with Gasteiger partial charge in [0.2, 0.25) is 5.91 Å². The summed E-state index contributed by atoms with van der Waals surface area (Å²) in [5.74, 6) is -0.298. The van der Waals surface area contributed by atoms with Crippen LogP contribution in [0, 0.1) is 0 Å². The number of aromatic nitrogens is 1. The van der Waals surface area contributed by atoms with E-state index in [0.29, 0.717) is 25.2 Å². The number of nitrogens with zero attached hydrogens (tertiary/aromatic N) is 2. The van der Waals surface area contributed by atoms with Crippen molar-refractivity contribution in [2.75, 3.05) is 6.54 Å². The van der Waals surface area contributed by atoms with Gasteiger partial charge in [0.05, 0.1) is 0 Å². The van der Waals surface area contributed by atoms with E-state index >= 15 is 0 Å². The van der Waals surface area contributed by atoms with Crippen LogP contribution < -0.4 is 5.32 Å². The standard InChI is InChI=1S/C18H21N3O2S/c1-2-5-15(20-17(22)14-6-3-4-9-19-14)18(23)21-10-7-16-13(12-21)8-11-24-16/h3-4,6,8-9,11,15H,2,5,7,10,12H2,1H3,(H,20,22). The number of amides is 2. The SMILES string of the molecule is CCCC(NC(=O)c1ccccn1)C(=O)N1CCc2sccc2C1. The lowest BCUT2D eigenvalue weighted by molar-refractivity contribution is -0.134. The fourth-order valence-electron chi connectivity index (χ4n) is 2.93. The lowest BCUT2D eigenvalue weighted by Gasteiger charge is -2.30. The summed E-state index contributed by atoms with van der Waals surface area (Å²) >= 11 is 1.75. The minimum absolute atomic E-state index is 0.00187. The van der Waals surface area contributed by atoms with E-state index in [4.69, 9.17) is 0 Å². The molecule has 2 aromatic heterocycles. The van der Waals surface area contributed by atoms with Gasteiger partial charge in [0, 0.05) is 24.2 Å². The zero-order valence-electron chi connectivity index (χ0n) is 13.7. The third-order valence-corrected chi connectivity index (χ3v) is 5.22. The molecule has 1 N–H and O–H groups in total. The number of thiophene rings is 1. The van der Waals surface area contributed by atoms with Gasteiger partial charge in [0.1, 0.15) is 11.7 Å². The van der Waals surface area contributed by atoms with Gasteiger partial charge in [-0.1, -0.05) is 19.4 Å². The molecule has 2 aromatic rings. The van der Waals surface area contributed by atoms with Crippen LogP contribution in [-0.2, 0) is 17.8 Å². The van der Waals surface area contributed by atoms with Crippen LogP contribution >= 0.6 is 11.3 Å². The van der Waals surface area contributed by atoms with Crippen LogP contribution in [0.3, 0.4) is 0 Å². The predicted octanol–water partition coefficient (Wildman–Crippen LogP) is 2.63. The Morgan fingerprint density at radius 2 is 2.25 bits per heavy atom. The van der Waals surface area contributed by atoms with Crippen LogP contribution in [0.5, 0.6) is 0 Å². The van der Waals surface area contributed by atoms with E-state index in [2.05, 4.69) is 21.7 Å². The first-order valence-corrected chi connectivity index (χ1v) is 9.13. The fourth-order valence-corrected chi connectivity index (χ4v) is 3.82. The van der Waals surface area contributed by atoms with Crippen molar-refractivity contribution < 1.29 is 9.59 Å². The first kappa shape index (κ1) is 16.6. The van der Waals surface area contributed by atoms with E-state index < -0.39 is 6.04 Å². The highest BCUT2D eigenvalue weighted by atomic mass is 32.1. The van der Waals surface area contributed by atoms with Gasteiger partial charge in [-0.2, -0.15) is 0 Å². The third-order valence-electron chi connectivity index (χ3n) is 4.20. The molecule has 0 aromatic carbocycles. The molecule has 0 saturated carbocycles. The molecule has 5 nitrogen and oxygen atoms in total. The Morgan fingerprint density at radius 1 is 1.38 bits per heavy atom. The van der Waals surface area contributed by atoms with Gasteiger partial charge in [-0.05, 0) is 42.0 Å². The number of hydrogen-bond donors (Lipinski definition) is 1. The molecule has 0 radical (unpaired) electrons. The Morgan fingerprint density at radius 3 is 3.00 bits per heavy atom. The number of nitrogens with one attached hydrogen (secondary N) is 1. The Hall–Kier alpha value is -2.21. The molecule has 0 aliphatic carbocycles. The van der Waals surface area contributed by atoms with Crippen molar-refractivity contribution in [3.05, 3.63) is 52.0 Å². The maximum atomic E-state index is 12.9. The van der Waals surface area contributed by atoms with Crippen molar-refractivity contribution in [2.45, 2.75) is 38.8 Å². The van der Waals surface area contributed by atoms with Gasteiger partial charge in [0.25, 0.3) is 5.91 Å². The van der Waals surface area contributed by atoms with Gasteiger partial charge in [0.15, 0.2) is 0 Å². The van der Waals surface area contributed by atoms with Crippen LogP contribution in [0.25, 0.3) is 0 Å². The van der Waals surface area contributed by atoms with Crippen molar-refractivity contribution in [2.24, 2.45) is 0 Å². The fraction of sp³-hybridized carbons (Fsp3) is 0.389. The van der Waals surface area contributed by atoms with E-state index in [9.17, 15) is 9.59 Å². The maximum absolute atomic E-state index is 12.9. The quantitative estimate of drug-likeness (QED) is 0.908. The predicted molar refractivity (Wildman–Crippen MR) is 93.8 cm³/mol. The molecular formula is C18H21N3O2S. The number of carbonyl (C=O) groups is 2. The molecule has 0 spiro atoms. The number of carbonyl (C=O) groups excluding carboxylic acids is 2. The molecule has 126 valence electrons. The molecular weight excluding hydrogens is 322 g/mol. The highest BCUT2D eigenvalue weighted by molar-refractivity contribution is 7.10.